The van der Waals surface area contributed by atoms with Crippen molar-refractivity contribution in [2.75, 3.05) is 0 Å². The van der Waals surface area contributed by atoms with Gasteiger partial charge in [-0.3, -0.25) is 14.9 Å². The van der Waals surface area contributed by atoms with Crippen molar-refractivity contribution < 1.29 is 14.3 Å². The molecule has 3 aliphatic rings. The van der Waals surface area contributed by atoms with Crippen LogP contribution in [-0.2, 0) is 14.3 Å². The summed E-state index contributed by atoms with van der Waals surface area (Å²) in [6, 6.07) is 0. The number of nitrogens with one attached hydrogen (secondary N) is 1. The third-order valence-electron chi connectivity index (χ3n) is 2.82. The van der Waals surface area contributed by atoms with Gasteiger partial charge in [-0.05, 0) is 6.08 Å². The summed E-state index contributed by atoms with van der Waals surface area (Å²) in [5.74, 6) is -1.23. The molecule has 0 saturated carbocycles. The summed E-state index contributed by atoms with van der Waals surface area (Å²) < 4.78 is 5.39. The van der Waals surface area contributed by atoms with Gasteiger partial charge in [0.05, 0.1) is 17.9 Å². The van der Waals surface area contributed by atoms with Crippen LogP contribution >= 0.6 is 11.6 Å². The average molecular weight is 200 g/mol. The second kappa shape index (κ2) is 2.13. The number of rotatable bonds is 0. The molecule has 0 aromatic carbocycles. The molecule has 3 rings (SSSR count). The highest BCUT2D eigenvalue weighted by Crippen LogP contribution is 2.46. The van der Waals surface area contributed by atoms with E-state index in [-0.39, 0.29) is 29.9 Å². The maximum atomic E-state index is 11.3. The molecule has 5 heteroatoms. The minimum Gasteiger partial charge on any atom is -0.364 e. The minimum atomic E-state index is -0.394. The summed E-state index contributed by atoms with van der Waals surface area (Å²) in [5.41, 5.74) is 0. The lowest BCUT2D eigenvalue weighted by atomic mass is 9.85. The summed E-state index contributed by atoms with van der Waals surface area (Å²) in [5, 5.41) is 2.84. The van der Waals surface area contributed by atoms with Crippen LogP contribution < -0.4 is 5.32 Å². The number of ether oxygens (including phenoxy) is 1. The van der Waals surface area contributed by atoms with Gasteiger partial charge in [-0.1, -0.05) is 11.6 Å². The lowest BCUT2D eigenvalue weighted by Crippen LogP contribution is -2.28. The lowest BCUT2D eigenvalue weighted by Gasteiger charge is -2.13. The fraction of sp³-hybridized carbons (Fsp3) is 0.500. The van der Waals surface area contributed by atoms with Crippen LogP contribution in [0.4, 0.5) is 0 Å². The van der Waals surface area contributed by atoms with Gasteiger partial charge in [-0.15, -0.1) is 0 Å². The highest BCUT2D eigenvalue weighted by Gasteiger charge is 2.59. The standard InChI is InChI=1S/C8H6ClNO3/c9-2-1-3-4-5(6(2)13-3)8(12)10-7(4)11/h1,3-6H,(H,10,11,12). The van der Waals surface area contributed by atoms with Gasteiger partial charge in [-0.2, -0.15) is 0 Å². The number of imide groups is 1. The van der Waals surface area contributed by atoms with Gasteiger partial charge in [-0.25, -0.2) is 0 Å². The molecule has 0 radical (unpaired) electrons. The van der Waals surface area contributed by atoms with Crippen LogP contribution in [-0.4, -0.2) is 24.0 Å². The van der Waals surface area contributed by atoms with E-state index in [1.165, 1.54) is 0 Å². The van der Waals surface area contributed by atoms with E-state index in [0.717, 1.165) is 0 Å². The Bertz CT molecular complexity index is 351. The van der Waals surface area contributed by atoms with Crippen LogP contribution in [0.15, 0.2) is 11.1 Å². The van der Waals surface area contributed by atoms with Crippen LogP contribution in [0, 0.1) is 11.8 Å². The Balaban J connectivity index is 2.08. The summed E-state index contributed by atoms with van der Waals surface area (Å²) >= 11 is 5.83. The molecule has 0 aliphatic carbocycles. The van der Waals surface area contributed by atoms with E-state index in [9.17, 15) is 9.59 Å². The molecule has 0 aromatic rings. The molecule has 2 amide bonds. The monoisotopic (exact) mass is 199 g/mol. The van der Waals surface area contributed by atoms with Crippen molar-refractivity contribution in [3.05, 3.63) is 11.1 Å². The van der Waals surface area contributed by atoms with Crippen LogP contribution in [0.1, 0.15) is 0 Å². The zero-order valence-corrected chi connectivity index (χ0v) is 7.25. The number of hydrogen-bond donors (Lipinski definition) is 1. The first-order valence-electron chi connectivity index (χ1n) is 4.06. The first-order valence-corrected chi connectivity index (χ1v) is 4.43. The molecule has 2 bridgehead atoms. The van der Waals surface area contributed by atoms with E-state index in [4.69, 9.17) is 16.3 Å². The van der Waals surface area contributed by atoms with Crippen molar-refractivity contribution in [2.45, 2.75) is 12.2 Å². The highest BCUT2D eigenvalue weighted by atomic mass is 35.5. The Morgan fingerprint density at radius 2 is 2.00 bits per heavy atom. The maximum Gasteiger partial charge on any atom is 0.233 e. The van der Waals surface area contributed by atoms with Crippen molar-refractivity contribution in [1.29, 1.82) is 0 Å². The fourth-order valence-electron chi connectivity index (χ4n) is 2.26. The quantitative estimate of drug-likeness (QED) is 0.549. The fourth-order valence-corrected chi connectivity index (χ4v) is 2.57. The molecule has 13 heavy (non-hydrogen) atoms. The minimum absolute atomic E-state index is 0.233. The number of halogens is 1. The third-order valence-corrected chi connectivity index (χ3v) is 3.16. The third kappa shape index (κ3) is 0.752. The van der Waals surface area contributed by atoms with Crippen LogP contribution in [0.2, 0.25) is 0 Å². The van der Waals surface area contributed by atoms with Crippen molar-refractivity contribution in [3.8, 4) is 0 Å². The molecule has 2 saturated heterocycles. The molecule has 4 atom stereocenters. The lowest BCUT2D eigenvalue weighted by molar-refractivity contribution is -0.128. The summed E-state index contributed by atoms with van der Waals surface area (Å²) in [6.45, 7) is 0. The molecular weight excluding hydrogens is 194 g/mol. The summed E-state index contributed by atoms with van der Waals surface area (Å²) in [4.78, 5) is 22.6. The summed E-state index contributed by atoms with van der Waals surface area (Å²) in [7, 11) is 0. The van der Waals surface area contributed by atoms with E-state index in [1.807, 2.05) is 0 Å². The van der Waals surface area contributed by atoms with Crippen molar-refractivity contribution in [1.82, 2.24) is 5.32 Å². The Morgan fingerprint density at radius 1 is 1.31 bits per heavy atom. The predicted octanol–water partition coefficient (Wildman–Crippen LogP) is -0.221. The molecule has 0 aromatic heterocycles. The smallest absolute Gasteiger partial charge is 0.233 e. The summed E-state index contributed by atoms with van der Waals surface area (Å²) in [6.07, 6.45) is 1.03. The molecule has 0 spiro atoms. The Hall–Kier alpha value is -0.870. The molecule has 2 fully saturated rings. The number of fused-ring (bicyclic) bond motifs is 5. The SMILES string of the molecule is O=C1NC(=O)C2C3OC(C=C3Cl)C12. The molecule has 3 aliphatic heterocycles. The first-order chi connectivity index (χ1) is 6.18. The van der Waals surface area contributed by atoms with Gasteiger partial charge in [0, 0.05) is 5.03 Å². The predicted molar refractivity (Wildman–Crippen MR) is 42.7 cm³/mol. The molecule has 1 N–H and O–H groups in total. The van der Waals surface area contributed by atoms with Crippen molar-refractivity contribution >= 4 is 23.4 Å². The number of carbonyl (C=O) groups is 2. The molecule has 4 nitrogen and oxygen atoms in total. The topological polar surface area (TPSA) is 55.4 Å². The first kappa shape index (κ1) is 7.53. The zero-order valence-electron chi connectivity index (χ0n) is 6.49. The highest BCUT2D eigenvalue weighted by molar-refractivity contribution is 6.31. The van der Waals surface area contributed by atoms with Gasteiger partial charge in [0.1, 0.15) is 6.10 Å². The van der Waals surface area contributed by atoms with E-state index >= 15 is 0 Å². The second-order valence-electron chi connectivity index (χ2n) is 3.48. The van der Waals surface area contributed by atoms with Crippen LogP contribution in [0.25, 0.3) is 0 Å². The van der Waals surface area contributed by atoms with Crippen molar-refractivity contribution in [2.24, 2.45) is 11.8 Å². The number of amides is 2. The van der Waals surface area contributed by atoms with Gasteiger partial charge >= 0.3 is 0 Å². The molecule has 3 heterocycles. The van der Waals surface area contributed by atoms with Crippen molar-refractivity contribution in [3.63, 3.8) is 0 Å². The van der Waals surface area contributed by atoms with Gasteiger partial charge < -0.3 is 4.74 Å². The van der Waals surface area contributed by atoms with Gasteiger partial charge in [0.25, 0.3) is 0 Å². The van der Waals surface area contributed by atoms with Gasteiger partial charge in [0.2, 0.25) is 11.8 Å². The molecular formula is C8H6ClNO3. The molecule has 4 unspecified atom stereocenters. The van der Waals surface area contributed by atoms with Gasteiger partial charge in [0.15, 0.2) is 0 Å². The van der Waals surface area contributed by atoms with Crippen LogP contribution in [0.3, 0.4) is 0 Å². The van der Waals surface area contributed by atoms with E-state index in [0.29, 0.717) is 5.03 Å². The van der Waals surface area contributed by atoms with Crippen LogP contribution in [0.5, 0.6) is 0 Å². The average Bonchev–Trinajstić information content (AvgIpc) is 2.64. The maximum absolute atomic E-state index is 11.3. The molecule has 68 valence electrons. The second-order valence-corrected chi connectivity index (χ2v) is 3.91. The number of carbonyl (C=O) groups excluding carboxylic acids is 2. The van der Waals surface area contributed by atoms with E-state index in [2.05, 4.69) is 5.32 Å². The Kier molecular flexibility index (Phi) is 1.24. The van der Waals surface area contributed by atoms with E-state index in [1.54, 1.807) is 6.08 Å². The van der Waals surface area contributed by atoms with E-state index < -0.39 is 5.92 Å². The Morgan fingerprint density at radius 3 is 2.77 bits per heavy atom. The zero-order chi connectivity index (χ0) is 9.16. The largest absolute Gasteiger partial charge is 0.364 e. The number of hydrogen-bond acceptors (Lipinski definition) is 3. The Labute approximate surface area is 78.9 Å². The normalized spacial score (nSPS) is 46.4.